The standard InChI is InChI=1S/C14H19IN2O2/c1-3-17-8-4-5-13(17)16-14(18)11-9-10(15)6-7-12(11)19-2/h6-7,9,13H,3-5,8H2,1-2H3,(H,16,18)/t13-/m1/s1. The SMILES string of the molecule is CCN1CCC[C@@H]1NC(=O)c1cc(I)ccc1OC. The molecule has 1 fully saturated rings. The first-order valence-electron chi connectivity index (χ1n) is 6.54. The van der Waals surface area contributed by atoms with Crippen LogP contribution in [0, 0.1) is 3.57 Å². The Labute approximate surface area is 127 Å². The van der Waals surface area contributed by atoms with Gasteiger partial charge in [-0.2, -0.15) is 0 Å². The molecule has 0 radical (unpaired) electrons. The Morgan fingerprint density at radius 1 is 1.58 bits per heavy atom. The average Bonchev–Trinajstić information content (AvgIpc) is 2.85. The van der Waals surface area contributed by atoms with Crippen LogP contribution in [0.4, 0.5) is 0 Å². The molecule has 104 valence electrons. The van der Waals surface area contributed by atoms with Gasteiger partial charge in [0.25, 0.3) is 5.91 Å². The van der Waals surface area contributed by atoms with Gasteiger partial charge in [-0.3, -0.25) is 9.69 Å². The summed E-state index contributed by atoms with van der Waals surface area (Å²) in [6, 6.07) is 5.63. The number of likely N-dealkylation sites (tertiary alicyclic amines) is 1. The summed E-state index contributed by atoms with van der Waals surface area (Å²) in [7, 11) is 1.59. The third kappa shape index (κ3) is 3.39. The maximum absolute atomic E-state index is 12.4. The van der Waals surface area contributed by atoms with Crippen molar-refractivity contribution in [2.45, 2.75) is 25.9 Å². The minimum atomic E-state index is -0.0549. The van der Waals surface area contributed by atoms with E-state index < -0.39 is 0 Å². The van der Waals surface area contributed by atoms with Crippen LogP contribution in [-0.2, 0) is 0 Å². The minimum absolute atomic E-state index is 0.0549. The molecule has 5 heteroatoms. The van der Waals surface area contributed by atoms with Gasteiger partial charge in [-0.05, 0) is 60.2 Å². The molecule has 1 aromatic carbocycles. The zero-order valence-electron chi connectivity index (χ0n) is 11.3. The summed E-state index contributed by atoms with van der Waals surface area (Å²) in [5.41, 5.74) is 0.609. The molecular weight excluding hydrogens is 355 g/mol. The first-order valence-corrected chi connectivity index (χ1v) is 7.62. The Kier molecular flexibility index (Phi) is 5.04. The van der Waals surface area contributed by atoms with E-state index in [9.17, 15) is 4.79 Å². The van der Waals surface area contributed by atoms with Crippen LogP contribution in [0.1, 0.15) is 30.1 Å². The molecule has 0 aliphatic carbocycles. The minimum Gasteiger partial charge on any atom is -0.496 e. The van der Waals surface area contributed by atoms with Crippen molar-refractivity contribution in [3.63, 3.8) is 0 Å². The van der Waals surface area contributed by atoms with E-state index >= 15 is 0 Å². The number of ether oxygens (including phenoxy) is 1. The largest absolute Gasteiger partial charge is 0.496 e. The third-order valence-electron chi connectivity index (χ3n) is 3.47. The number of carbonyl (C=O) groups excluding carboxylic acids is 1. The van der Waals surface area contributed by atoms with Crippen molar-refractivity contribution in [2.24, 2.45) is 0 Å². The van der Waals surface area contributed by atoms with Gasteiger partial charge in [0.2, 0.25) is 0 Å². The maximum atomic E-state index is 12.4. The van der Waals surface area contributed by atoms with Crippen molar-refractivity contribution >= 4 is 28.5 Å². The maximum Gasteiger partial charge on any atom is 0.256 e. The smallest absolute Gasteiger partial charge is 0.256 e. The fourth-order valence-corrected chi connectivity index (χ4v) is 2.95. The molecule has 2 rings (SSSR count). The van der Waals surface area contributed by atoms with Crippen molar-refractivity contribution in [1.82, 2.24) is 10.2 Å². The summed E-state index contributed by atoms with van der Waals surface area (Å²) >= 11 is 2.20. The Balaban J connectivity index is 2.13. The Morgan fingerprint density at radius 2 is 2.37 bits per heavy atom. The van der Waals surface area contributed by atoms with Crippen molar-refractivity contribution in [1.29, 1.82) is 0 Å². The molecule has 1 aliphatic rings. The quantitative estimate of drug-likeness (QED) is 0.824. The number of carbonyl (C=O) groups is 1. The molecule has 1 aliphatic heterocycles. The molecule has 4 nitrogen and oxygen atoms in total. The fraction of sp³-hybridized carbons (Fsp3) is 0.500. The van der Waals surface area contributed by atoms with E-state index in [0.29, 0.717) is 11.3 Å². The first-order chi connectivity index (χ1) is 9.15. The van der Waals surface area contributed by atoms with Crippen LogP contribution < -0.4 is 10.1 Å². The van der Waals surface area contributed by atoms with E-state index in [1.54, 1.807) is 7.11 Å². The average molecular weight is 374 g/mol. The van der Waals surface area contributed by atoms with E-state index in [0.717, 1.165) is 29.5 Å². The van der Waals surface area contributed by atoms with E-state index in [1.807, 2.05) is 18.2 Å². The van der Waals surface area contributed by atoms with E-state index in [-0.39, 0.29) is 12.1 Å². The Hall–Kier alpha value is -0.820. The second kappa shape index (κ2) is 6.56. The molecule has 1 saturated heterocycles. The summed E-state index contributed by atoms with van der Waals surface area (Å²) in [4.78, 5) is 14.7. The van der Waals surface area contributed by atoms with Crippen LogP contribution >= 0.6 is 22.6 Å². The van der Waals surface area contributed by atoms with Crippen LogP contribution in [0.25, 0.3) is 0 Å². The lowest BCUT2D eigenvalue weighted by Crippen LogP contribution is -2.44. The number of halogens is 1. The number of benzene rings is 1. The highest BCUT2D eigenvalue weighted by Gasteiger charge is 2.25. The molecule has 0 unspecified atom stereocenters. The lowest BCUT2D eigenvalue weighted by atomic mass is 10.2. The molecule has 0 spiro atoms. The van der Waals surface area contributed by atoms with Crippen molar-refractivity contribution in [2.75, 3.05) is 20.2 Å². The van der Waals surface area contributed by atoms with Gasteiger partial charge in [0.05, 0.1) is 18.8 Å². The van der Waals surface area contributed by atoms with Gasteiger partial charge in [-0.15, -0.1) is 0 Å². The highest BCUT2D eigenvalue weighted by Crippen LogP contribution is 2.22. The van der Waals surface area contributed by atoms with Gasteiger partial charge in [-0.25, -0.2) is 0 Å². The van der Waals surface area contributed by atoms with Crippen molar-refractivity contribution in [3.05, 3.63) is 27.3 Å². The zero-order valence-corrected chi connectivity index (χ0v) is 13.4. The second-order valence-corrected chi connectivity index (χ2v) is 5.85. The summed E-state index contributed by atoms with van der Waals surface area (Å²) in [6.45, 7) is 4.15. The van der Waals surface area contributed by atoms with Crippen molar-refractivity contribution < 1.29 is 9.53 Å². The molecule has 0 bridgehead atoms. The summed E-state index contributed by atoms with van der Waals surface area (Å²) in [6.07, 6.45) is 2.31. The summed E-state index contributed by atoms with van der Waals surface area (Å²) in [5, 5.41) is 3.10. The first kappa shape index (κ1) is 14.6. The van der Waals surface area contributed by atoms with Crippen LogP contribution in [0.5, 0.6) is 5.75 Å². The monoisotopic (exact) mass is 374 g/mol. The van der Waals surface area contributed by atoms with Gasteiger partial charge in [0.15, 0.2) is 0 Å². The van der Waals surface area contributed by atoms with Gasteiger partial charge < -0.3 is 10.1 Å². The number of rotatable bonds is 4. The lowest BCUT2D eigenvalue weighted by Gasteiger charge is -2.24. The van der Waals surface area contributed by atoms with E-state index in [4.69, 9.17) is 4.74 Å². The predicted molar refractivity (Wildman–Crippen MR) is 83.4 cm³/mol. The van der Waals surface area contributed by atoms with Gasteiger partial charge in [-0.1, -0.05) is 6.92 Å². The summed E-state index contributed by atoms with van der Waals surface area (Å²) < 4.78 is 6.29. The van der Waals surface area contributed by atoms with Crippen molar-refractivity contribution in [3.8, 4) is 5.75 Å². The molecular formula is C14H19IN2O2. The molecule has 0 aromatic heterocycles. The Morgan fingerprint density at radius 3 is 3.05 bits per heavy atom. The normalized spacial score (nSPS) is 19.4. The van der Waals surface area contributed by atoms with Gasteiger partial charge in [0.1, 0.15) is 5.75 Å². The molecule has 19 heavy (non-hydrogen) atoms. The summed E-state index contributed by atoms with van der Waals surface area (Å²) in [5.74, 6) is 0.569. The molecule has 0 saturated carbocycles. The third-order valence-corrected chi connectivity index (χ3v) is 4.14. The van der Waals surface area contributed by atoms with Crippen LogP contribution in [-0.4, -0.2) is 37.2 Å². The number of hydrogen-bond acceptors (Lipinski definition) is 3. The second-order valence-electron chi connectivity index (χ2n) is 4.60. The van der Waals surface area contributed by atoms with Gasteiger partial charge in [0, 0.05) is 10.1 Å². The Bertz CT molecular complexity index is 465. The molecule has 1 amide bonds. The number of amides is 1. The molecule has 1 heterocycles. The van der Waals surface area contributed by atoms with Crippen LogP contribution in [0.15, 0.2) is 18.2 Å². The fourth-order valence-electron chi connectivity index (χ4n) is 2.45. The number of methoxy groups -OCH3 is 1. The molecule has 1 aromatic rings. The number of nitrogens with zero attached hydrogens (tertiary/aromatic N) is 1. The van der Waals surface area contributed by atoms with E-state index in [2.05, 4.69) is 39.7 Å². The molecule has 1 N–H and O–H groups in total. The van der Waals surface area contributed by atoms with Crippen LogP contribution in [0.2, 0.25) is 0 Å². The highest BCUT2D eigenvalue weighted by molar-refractivity contribution is 14.1. The van der Waals surface area contributed by atoms with Gasteiger partial charge >= 0.3 is 0 Å². The predicted octanol–water partition coefficient (Wildman–Crippen LogP) is 2.47. The molecule has 1 atom stereocenters. The van der Waals surface area contributed by atoms with Crippen LogP contribution in [0.3, 0.4) is 0 Å². The number of nitrogens with one attached hydrogen (secondary N) is 1. The lowest BCUT2D eigenvalue weighted by molar-refractivity contribution is 0.0887. The van der Waals surface area contributed by atoms with E-state index in [1.165, 1.54) is 0 Å². The highest BCUT2D eigenvalue weighted by atomic mass is 127. The topological polar surface area (TPSA) is 41.6 Å². The number of hydrogen-bond donors (Lipinski definition) is 1. The zero-order chi connectivity index (χ0) is 13.8.